The summed E-state index contributed by atoms with van der Waals surface area (Å²) in [6.45, 7) is 3.28. The van der Waals surface area contributed by atoms with Crippen molar-refractivity contribution in [3.8, 4) is 0 Å². The molecular weight excluding hydrogens is 174 g/mol. The topological polar surface area (TPSA) is 21.3 Å². The first-order valence-corrected chi connectivity index (χ1v) is 6.11. The molecule has 2 saturated carbocycles. The second kappa shape index (κ2) is 4.19. The molecular formula is C12H23NO. The molecule has 1 unspecified atom stereocenters. The number of hydrogen-bond acceptors (Lipinski definition) is 2. The van der Waals surface area contributed by atoms with Gasteiger partial charge in [-0.05, 0) is 38.1 Å². The summed E-state index contributed by atoms with van der Waals surface area (Å²) in [5.74, 6) is 0.896. The van der Waals surface area contributed by atoms with Gasteiger partial charge in [-0.2, -0.15) is 0 Å². The maximum atomic E-state index is 5.85. The Morgan fingerprint density at radius 2 is 2.00 bits per heavy atom. The SMILES string of the molecule is CCNC(C1CC1)C1(OC)CCCC1. The predicted octanol–water partition coefficient (Wildman–Crippen LogP) is 2.33. The zero-order chi connectivity index (χ0) is 10.0. The average molecular weight is 197 g/mol. The van der Waals surface area contributed by atoms with Crippen LogP contribution in [0.5, 0.6) is 0 Å². The minimum Gasteiger partial charge on any atom is -0.377 e. The fraction of sp³-hybridized carbons (Fsp3) is 1.00. The molecule has 2 aliphatic rings. The average Bonchev–Trinajstić information content (AvgIpc) is 2.93. The summed E-state index contributed by atoms with van der Waals surface area (Å²) in [6, 6.07) is 0.625. The maximum Gasteiger partial charge on any atom is 0.0833 e. The van der Waals surface area contributed by atoms with Crippen LogP contribution in [0, 0.1) is 5.92 Å². The third-order valence-corrected chi connectivity index (χ3v) is 3.94. The van der Waals surface area contributed by atoms with Gasteiger partial charge in [-0.3, -0.25) is 0 Å². The summed E-state index contributed by atoms with van der Waals surface area (Å²) in [4.78, 5) is 0. The van der Waals surface area contributed by atoms with E-state index in [0.29, 0.717) is 6.04 Å². The maximum absolute atomic E-state index is 5.85. The lowest BCUT2D eigenvalue weighted by Crippen LogP contribution is -2.51. The summed E-state index contributed by atoms with van der Waals surface area (Å²) in [5.41, 5.74) is 0.178. The van der Waals surface area contributed by atoms with Crippen LogP contribution in [0.15, 0.2) is 0 Å². The predicted molar refractivity (Wildman–Crippen MR) is 58.4 cm³/mol. The zero-order valence-electron chi connectivity index (χ0n) is 9.51. The quantitative estimate of drug-likeness (QED) is 0.730. The van der Waals surface area contributed by atoms with Gasteiger partial charge in [0, 0.05) is 13.2 Å². The number of likely N-dealkylation sites (N-methyl/N-ethyl adjacent to an activating group) is 1. The van der Waals surface area contributed by atoms with Crippen LogP contribution in [0.2, 0.25) is 0 Å². The van der Waals surface area contributed by atoms with Gasteiger partial charge in [0.25, 0.3) is 0 Å². The summed E-state index contributed by atoms with van der Waals surface area (Å²) in [7, 11) is 1.90. The summed E-state index contributed by atoms with van der Waals surface area (Å²) in [6.07, 6.45) is 8.03. The van der Waals surface area contributed by atoms with Crippen LogP contribution < -0.4 is 5.32 Å². The Bertz CT molecular complexity index is 183. The normalized spacial score (nSPS) is 27.9. The minimum atomic E-state index is 0.178. The summed E-state index contributed by atoms with van der Waals surface area (Å²) in [5, 5.41) is 3.65. The van der Waals surface area contributed by atoms with Crippen molar-refractivity contribution in [3.05, 3.63) is 0 Å². The molecule has 1 atom stereocenters. The first kappa shape index (κ1) is 10.4. The molecule has 0 aromatic carbocycles. The molecule has 2 fully saturated rings. The molecule has 0 aliphatic heterocycles. The highest BCUT2D eigenvalue weighted by Crippen LogP contribution is 2.45. The molecule has 14 heavy (non-hydrogen) atoms. The second-order valence-electron chi connectivity index (χ2n) is 4.85. The standard InChI is InChI=1S/C12H23NO/c1-3-13-11(10-6-7-10)12(14-2)8-4-5-9-12/h10-11,13H,3-9H2,1-2H3. The van der Waals surface area contributed by atoms with E-state index in [1.807, 2.05) is 7.11 Å². The van der Waals surface area contributed by atoms with Gasteiger partial charge in [0.1, 0.15) is 0 Å². The second-order valence-corrected chi connectivity index (χ2v) is 4.85. The fourth-order valence-corrected chi connectivity index (χ4v) is 3.05. The van der Waals surface area contributed by atoms with Crippen molar-refractivity contribution in [2.24, 2.45) is 5.92 Å². The van der Waals surface area contributed by atoms with Crippen LogP contribution in [-0.2, 0) is 4.74 Å². The molecule has 0 bridgehead atoms. The van der Waals surface area contributed by atoms with Gasteiger partial charge < -0.3 is 10.1 Å². The van der Waals surface area contributed by atoms with Crippen molar-refractivity contribution in [1.29, 1.82) is 0 Å². The lowest BCUT2D eigenvalue weighted by molar-refractivity contribution is -0.0412. The van der Waals surface area contributed by atoms with Gasteiger partial charge in [0.15, 0.2) is 0 Å². The molecule has 82 valence electrons. The monoisotopic (exact) mass is 197 g/mol. The van der Waals surface area contributed by atoms with Crippen molar-refractivity contribution in [2.45, 2.75) is 57.1 Å². The van der Waals surface area contributed by atoms with Gasteiger partial charge in [0.05, 0.1) is 5.60 Å². The van der Waals surface area contributed by atoms with Crippen molar-refractivity contribution in [3.63, 3.8) is 0 Å². The molecule has 1 N–H and O–H groups in total. The Morgan fingerprint density at radius 1 is 1.36 bits per heavy atom. The van der Waals surface area contributed by atoms with Crippen LogP contribution >= 0.6 is 0 Å². The van der Waals surface area contributed by atoms with Crippen molar-refractivity contribution < 1.29 is 4.74 Å². The van der Waals surface area contributed by atoms with Crippen molar-refractivity contribution in [2.75, 3.05) is 13.7 Å². The van der Waals surface area contributed by atoms with Gasteiger partial charge in [0.2, 0.25) is 0 Å². The Kier molecular flexibility index (Phi) is 3.13. The highest BCUT2D eigenvalue weighted by molar-refractivity contribution is 5.03. The van der Waals surface area contributed by atoms with Gasteiger partial charge in [-0.25, -0.2) is 0 Å². The molecule has 0 heterocycles. The lowest BCUT2D eigenvalue weighted by atomic mass is 9.88. The number of methoxy groups -OCH3 is 1. The Labute approximate surface area is 87.4 Å². The van der Waals surface area contributed by atoms with E-state index in [4.69, 9.17) is 4.74 Å². The van der Waals surface area contributed by atoms with Crippen molar-refractivity contribution in [1.82, 2.24) is 5.32 Å². The highest BCUT2D eigenvalue weighted by Gasteiger charge is 2.47. The number of hydrogen-bond donors (Lipinski definition) is 1. The van der Waals surface area contributed by atoms with E-state index >= 15 is 0 Å². The van der Waals surface area contributed by atoms with Gasteiger partial charge in [-0.1, -0.05) is 19.8 Å². The first-order valence-electron chi connectivity index (χ1n) is 6.11. The van der Waals surface area contributed by atoms with Crippen LogP contribution in [0.1, 0.15) is 45.4 Å². The Hall–Kier alpha value is -0.0800. The van der Waals surface area contributed by atoms with E-state index in [1.165, 1.54) is 38.5 Å². The smallest absolute Gasteiger partial charge is 0.0833 e. The Morgan fingerprint density at radius 3 is 2.43 bits per heavy atom. The first-order chi connectivity index (χ1) is 6.82. The van der Waals surface area contributed by atoms with E-state index in [9.17, 15) is 0 Å². The van der Waals surface area contributed by atoms with Crippen LogP contribution in [0.4, 0.5) is 0 Å². The highest BCUT2D eigenvalue weighted by atomic mass is 16.5. The van der Waals surface area contributed by atoms with Gasteiger partial charge >= 0.3 is 0 Å². The zero-order valence-corrected chi connectivity index (χ0v) is 9.51. The van der Waals surface area contributed by atoms with E-state index < -0.39 is 0 Å². The molecule has 2 nitrogen and oxygen atoms in total. The molecule has 0 amide bonds. The molecule has 0 aromatic rings. The largest absolute Gasteiger partial charge is 0.377 e. The van der Waals surface area contributed by atoms with Crippen molar-refractivity contribution >= 4 is 0 Å². The Balaban J connectivity index is 2.05. The minimum absolute atomic E-state index is 0.178. The fourth-order valence-electron chi connectivity index (χ4n) is 3.05. The van der Waals surface area contributed by atoms with E-state index in [1.54, 1.807) is 0 Å². The lowest BCUT2D eigenvalue weighted by Gasteiger charge is -2.37. The van der Waals surface area contributed by atoms with Crippen LogP contribution in [-0.4, -0.2) is 25.3 Å². The summed E-state index contributed by atoms with van der Waals surface area (Å²) < 4.78 is 5.85. The van der Waals surface area contributed by atoms with Crippen LogP contribution in [0.3, 0.4) is 0 Å². The molecule has 0 aromatic heterocycles. The van der Waals surface area contributed by atoms with E-state index in [2.05, 4.69) is 12.2 Å². The van der Waals surface area contributed by atoms with E-state index in [-0.39, 0.29) is 5.60 Å². The summed E-state index contributed by atoms with van der Waals surface area (Å²) >= 11 is 0. The third-order valence-electron chi connectivity index (χ3n) is 3.94. The molecule has 2 rings (SSSR count). The third kappa shape index (κ3) is 1.82. The molecule has 0 saturated heterocycles. The molecule has 0 spiro atoms. The number of ether oxygens (including phenoxy) is 1. The number of rotatable bonds is 5. The van der Waals surface area contributed by atoms with Crippen LogP contribution in [0.25, 0.3) is 0 Å². The molecule has 2 aliphatic carbocycles. The number of nitrogens with one attached hydrogen (secondary N) is 1. The molecule has 0 radical (unpaired) electrons. The molecule has 2 heteroatoms. The van der Waals surface area contributed by atoms with E-state index in [0.717, 1.165) is 12.5 Å². The van der Waals surface area contributed by atoms with Gasteiger partial charge in [-0.15, -0.1) is 0 Å².